The van der Waals surface area contributed by atoms with Crippen LogP contribution in [-0.2, 0) is 22.5 Å². The fourth-order valence-electron chi connectivity index (χ4n) is 0.545. The van der Waals surface area contributed by atoms with E-state index in [1.807, 2.05) is 0 Å². The highest BCUT2D eigenvalue weighted by molar-refractivity contribution is 7.77. The Morgan fingerprint density at radius 2 is 1.00 bits per heavy atom. The van der Waals surface area contributed by atoms with Crippen molar-refractivity contribution >= 4 is 22.5 Å². The highest BCUT2D eigenvalue weighted by Gasteiger charge is 2.73. The van der Waals surface area contributed by atoms with Gasteiger partial charge in [-0.05, 0) is 0 Å². The van der Waals surface area contributed by atoms with Gasteiger partial charge in [0, 0.05) is 0 Å². The van der Waals surface area contributed by atoms with Crippen molar-refractivity contribution in [2.24, 2.45) is 0 Å². The Morgan fingerprint density at radius 3 is 1.18 bits per heavy atom. The summed E-state index contributed by atoms with van der Waals surface area (Å²) in [7, 11) is 0. The lowest BCUT2D eigenvalue weighted by molar-refractivity contribution is -0.316. The molecule has 0 bridgehead atoms. The van der Waals surface area contributed by atoms with Crippen molar-refractivity contribution in [3.63, 3.8) is 0 Å². The van der Waals surface area contributed by atoms with E-state index in [9.17, 15) is 34.8 Å². The summed E-state index contributed by atoms with van der Waals surface area (Å²) in [4.78, 5) is 0. The van der Waals surface area contributed by atoms with Gasteiger partial charge in [0.1, 0.15) is 0 Å². The van der Waals surface area contributed by atoms with Crippen LogP contribution in [0.2, 0.25) is 0 Å². The fourth-order valence-corrected chi connectivity index (χ4v) is 1.24. The molecular formula is C3H4F6N2O4S2. The van der Waals surface area contributed by atoms with Crippen LogP contribution in [0.3, 0.4) is 0 Å². The van der Waals surface area contributed by atoms with Gasteiger partial charge in [-0.3, -0.25) is 9.11 Å². The minimum atomic E-state index is -6.24. The summed E-state index contributed by atoms with van der Waals surface area (Å²) < 4.78 is 110. The van der Waals surface area contributed by atoms with Gasteiger partial charge in [-0.15, -0.1) is 9.44 Å². The normalized spacial score (nSPS) is 17.9. The minimum absolute atomic E-state index is 0.0174. The summed E-state index contributed by atoms with van der Waals surface area (Å²) in [6, 6.07) is -11.6. The maximum atomic E-state index is 12.6. The molecule has 0 radical (unpaired) electrons. The first-order valence-electron chi connectivity index (χ1n) is 3.24. The molecule has 0 rings (SSSR count). The molecule has 0 fully saturated rings. The van der Waals surface area contributed by atoms with Gasteiger partial charge in [0.25, 0.3) is 0 Å². The molecule has 2 atom stereocenters. The van der Waals surface area contributed by atoms with Gasteiger partial charge in [-0.2, -0.15) is 26.3 Å². The molecule has 104 valence electrons. The molecule has 0 heterocycles. The van der Waals surface area contributed by atoms with Crippen LogP contribution in [0.1, 0.15) is 0 Å². The lowest BCUT2D eigenvalue weighted by Crippen LogP contribution is -2.65. The molecule has 14 heteroatoms. The van der Waals surface area contributed by atoms with E-state index in [0.29, 0.717) is 0 Å². The van der Waals surface area contributed by atoms with Gasteiger partial charge in [-0.25, -0.2) is 8.42 Å². The summed E-state index contributed by atoms with van der Waals surface area (Å²) in [5, 5.41) is 0. The number of alkyl halides is 6. The summed E-state index contributed by atoms with van der Waals surface area (Å²) in [5.74, 6) is -6.24. The third-order valence-corrected chi connectivity index (χ3v) is 2.08. The zero-order valence-electron chi connectivity index (χ0n) is 7.30. The first kappa shape index (κ1) is 16.7. The van der Waals surface area contributed by atoms with Crippen molar-refractivity contribution in [3.8, 4) is 0 Å². The quantitative estimate of drug-likeness (QED) is 0.321. The molecule has 0 saturated carbocycles. The highest BCUT2D eigenvalue weighted by atomic mass is 32.2. The number of hydrogen-bond donors (Lipinski definition) is 4. The molecule has 17 heavy (non-hydrogen) atoms. The van der Waals surface area contributed by atoms with Crippen molar-refractivity contribution in [3.05, 3.63) is 0 Å². The van der Waals surface area contributed by atoms with Gasteiger partial charge in [0.2, 0.25) is 22.5 Å². The summed E-state index contributed by atoms with van der Waals surface area (Å²) in [5.41, 5.74) is 0. The van der Waals surface area contributed by atoms with Crippen molar-refractivity contribution < 1.29 is 43.9 Å². The molecular weight excluding hydrogens is 306 g/mol. The van der Waals surface area contributed by atoms with E-state index in [1.54, 1.807) is 0 Å². The highest BCUT2D eigenvalue weighted by Crippen LogP contribution is 2.42. The maximum absolute atomic E-state index is 12.6. The lowest BCUT2D eigenvalue weighted by Gasteiger charge is -2.31. The van der Waals surface area contributed by atoms with Crippen molar-refractivity contribution in [2.75, 3.05) is 0 Å². The summed E-state index contributed by atoms with van der Waals surface area (Å²) in [6.45, 7) is 0. The number of hydrogen-bond acceptors (Lipinski definition) is 2. The van der Waals surface area contributed by atoms with Crippen molar-refractivity contribution in [1.29, 1.82) is 0 Å². The average Bonchev–Trinajstić information content (AvgIpc) is 1.97. The molecule has 2 unspecified atom stereocenters. The molecule has 6 nitrogen and oxygen atoms in total. The lowest BCUT2D eigenvalue weighted by atomic mass is 10.2. The monoisotopic (exact) mass is 310 g/mol. The van der Waals surface area contributed by atoms with Crippen LogP contribution < -0.4 is 9.44 Å². The van der Waals surface area contributed by atoms with E-state index in [-0.39, 0.29) is 9.44 Å². The van der Waals surface area contributed by atoms with Gasteiger partial charge < -0.3 is 0 Å². The SMILES string of the molecule is O=S(O)NC(F)(F)C(F)(F)C(F)(F)NS(=O)O. The molecule has 0 spiro atoms. The van der Waals surface area contributed by atoms with E-state index < -0.39 is 40.5 Å². The molecule has 0 amide bonds. The molecule has 0 aromatic carbocycles. The molecule has 0 saturated heterocycles. The van der Waals surface area contributed by atoms with Crippen LogP contribution >= 0.6 is 0 Å². The van der Waals surface area contributed by atoms with E-state index in [2.05, 4.69) is 0 Å². The topological polar surface area (TPSA) is 98.7 Å². The number of nitrogens with one attached hydrogen (secondary N) is 2. The molecule has 0 aromatic heterocycles. The Hall–Kier alpha value is -0.280. The average molecular weight is 310 g/mol. The molecule has 0 aliphatic rings. The molecule has 4 N–H and O–H groups in total. The standard InChI is InChI=1S/C3H4F6N2O4S2/c4-1(5,2(6,7)10-16(12)13)3(8,9)11-17(14)15/h10-11H,(H,12,13)(H,14,15). The number of rotatable bonds is 6. The summed E-state index contributed by atoms with van der Waals surface area (Å²) >= 11 is -7.42. The smallest absolute Gasteiger partial charge is 0.294 e. The van der Waals surface area contributed by atoms with Crippen LogP contribution in [-0.4, -0.2) is 35.5 Å². The maximum Gasteiger partial charge on any atom is 0.402 e. The second kappa shape index (κ2) is 5.15. The van der Waals surface area contributed by atoms with E-state index in [4.69, 9.17) is 9.11 Å². The first-order chi connectivity index (χ1) is 7.33. The summed E-state index contributed by atoms with van der Waals surface area (Å²) in [6.07, 6.45) is 0. The van der Waals surface area contributed by atoms with Gasteiger partial charge in [-0.1, -0.05) is 0 Å². The van der Waals surface area contributed by atoms with E-state index >= 15 is 0 Å². The molecule has 0 aromatic rings. The Balaban J connectivity index is 5.22. The van der Waals surface area contributed by atoms with Crippen LogP contribution in [0.15, 0.2) is 0 Å². The fraction of sp³-hybridized carbons (Fsp3) is 1.00. The van der Waals surface area contributed by atoms with E-state index in [1.165, 1.54) is 0 Å². The Bertz CT molecular complexity index is 307. The van der Waals surface area contributed by atoms with Crippen LogP contribution in [0.4, 0.5) is 26.3 Å². The van der Waals surface area contributed by atoms with Gasteiger partial charge >= 0.3 is 18.0 Å². The Kier molecular flexibility index (Phi) is 5.06. The second-order valence-corrected chi connectivity index (χ2v) is 3.83. The van der Waals surface area contributed by atoms with Gasteiger partial charge in [0.15, 0.2) is 0 Å². The predicted octanol–water partition coefficient (Wildman–Crippen LogP) is 0.260. The predicted molar refractivity (Wildman–Crippen MR) is 42.7 cm³/mol. The third-order valence-electron chi connectivity index (χ3n) is 1.22. The van der Waals surface area contributed by atoms with Crippen LogP contribution in [0.25, 0.3) is 0 Å². The van der Waals surface area contributed by atoms with Crippen molar-refractivity contribution in [2.45, 2.75) is 18.0 Å². The van der Waals surface area contributed by atoms with Crippen LogP contribution in [0.5, 0.6) is 0 Å². The first-order valence-corrected chi connectivity index (χ1v) is 5.45. The third kappa shape index (κ3) is 3.85. The zero-order valence-corrected chi connectivity index (χ0v) is 8.93. The zero-order chi connectivity index (χ0) is 14.1. The van der Waals surface area contributed by atoms with E-state index in [0.717, 1.165) is 0 Å². The van der Waals surface area contributed by atoms with Crippen molar-refractivity contribution in [1.82, 2.24) is 9.44 Å². The second-order valence-electron chi connectivity index (χ2n) is 2.43. The molecule has 0 aliphatic heterocycles. The van der Waals surface area contributed by atoms with Gasteiger partial charge in [0.05, 0.1) is 0 Å². The van der Waals surface area contributed by atoms with Crippen LogP contribution in [0, 0.1) is 0 Å². The largest absolute Gasteiger partial charge is 0.402 e. The Labute approximate surface area is 94.6 Å². The molecule has 0 aliphatic carbocycles. The number of halogens is 6. The minimum Gasteiger partial charge on any atom is -0.294 e. The Morgan fingerprint density at radius 1 is 0.765 bits per heavy atom.